The van der Waals surface area contributed by atoms with Gasteiger partial charge in [0.1, 0.15) is 5.82 Å². The minimum atomic E-state index is -0.125. The highest BCUT2D eigenvalue weighted by molar-refractivity contribution is 5.17. The predicted octanol–water partition coefficient (Wildman–Crippen LogP) is 3.71. The molecule has 0 aromatic heterocycles. The van der Waals surface area contributed by atoms with Crippen LogP contribution in [0.25, 0.3) is 0 Å². The molecule has 116 valence electrons. The smallest absolute Gasteiger partial charge is 0.123 e. The van der Waals surface area contributed by atoms with Crippen molar-refractivity contribution in [2.75, 3.05) is 13.1 Å². The molecule has 2 fully saturated rings. The van der Waals surface area contributed by atoms with Crippen molar-refractivity contribution >= 4 is 0 Å². The zero-order chi connectivity index (χ0) is 14.9. The van der Waals surface area contributed by atoms with Gasteiger partial charge in [0.25, 0.3) is 0 Å². The lowest BCUT2D eigenvalue weighted by molar-refractivity contribution is -0.0161. The summed E-state index contributed by atoms with van der Waals surface area (Å²) in [5, 5.41) is 3.73. The first-order valence-corrected chi connectivity index (χ1v) is 8.24. The van der Waals surface area contributed by atoms with Crippen molar-refractivity contribution < 1.29 is 4.39 Å². The fourth-order valence-corrected chi connectivity index (χ4v) is 4.00. The highest BCUT2D eigenvalue weighted by Crippen LogP contribution is 2.37. The van der Waals surface area contributed by atoms with E-state index in [9.17, 15) is 4.39 Å². The second kappa shape index (κ2) is 5.69. The van der Waals surface area contributed by atoms with Crippen LogP contribution in [0, 0.1) is 5.82 Å². The van der Waals surface area contributed by atoms with E-state index in [2.05, 4.69) is 30.1 Å². The van der Waals surface area contributed by atoms with Crippen molar-refractivity contribution in [2.45, 2.75) is 63.6 Å². The van der Waals surface area contributed by atoms with E-state index in [4.69, 9.17) is 0 Å². The number of nitrogens with zero attached hydrogens (tertiary/aromatic N) is 1. The number of piperazine rings is 1. The average molecular weight is 290 g/mol. The third-order valence-electron chi connectivity index (χ3n) is 5.20. The molecular weight excluding hydrogens is 263 g/mol. The van der Waals surface area contributed by atoms with Crippen LogP contribution in [0.5, 0.6) is 0 Å². The molecule has 0 atom stereocenters. The molecule has 1 aromatic rings. The molecule has 0 bridgehead atoms. The lowest BCUT2D eigenvalue weighted by Gasteiger charge is -2.54. The van der Waals surface area contributed by atoms with Crippen molar-refractivity contribution in [1.29, 1.82) is 0 Å². The SMILES string of the molecule is CC1(C)CN(Cc2cccc(F)c2)C2(CCCCC2)CN1. The molecule has 1 N–H and O–H groups in total. The molecule has 3 rings (SSSR count). The molecule has 1 saturated carbocycles. The molecule has 1 aliphatic carbocycles. The third-order valence-corrected chi connectivity index (χ3v) is 5.20. The van der Waals surface area contributed by atoms with Gasteiger partial charge in [-0.3, -0.25) is 4.90 Å². The van der Waals surface area contributed by atoms with E-state index in [0.29, 0.717) is 0 Å². The number of hydrogen-bond acceptors (Lipinski definition) is 2. The van der Waals surface area contributed by atoms with Gasteiger partial charge in [-0.05, 0) is 44.4 Å². The molecule has 1 aliphatic heterocycles. The van der Waals surface area contributed by atoms with Gasteiger partial charge in [-0.2, -0.15) is 0 Å². The van der Waals surface area contributed by atoms with Crippen LogP contribution in [0.4, 0.5) is 4.39 Å². The van der Waals surface area contributed by atoms with Crippen LogP contribution in [0.15, 0.2) is 24.3 Å². The van der Waals surface area contributed by atoms with Crippen molar-refractivity contribution in [2.24, 2.45) is 0 Å². The Morgan fingerprint density at radius 3 is 2.67 bits per heavy atom. The highest BCUT2D eigenvalue weighted by Gasteiger charge is 2.44. The van der Waals surface area contributed by atoms with Crippen molar-refractivity contribution in [3.63, 3.8) is 0 Å². The molecule has 0 radical (unpaired) electrons. The van der Waals surface area contributed by atoms with E-state index < -0.39 is 0 Å². The Balaban J connectivity index is 1.83. The Labute approximate surface area is 127 Å². The Bertz CT molecular complexity index is 492. The minimum Gasteiger partial charge on any atom is -0.309 e. The molecule has 1 saturated heterocycles. The second-order valence-electron chi connectivity index (χ2n) is 7.51. The zero-order valence-electron chi connectivity index (χ0n) is 13.3. The molecule has 21 heavy (non-hydrogen) atoms. The monoisotopic (exact) mass is 290 g/mol. The predicted molar refractivity (Wildman–Crippen MR) is 84.7 cm³/mol. The fourth-order valence-electron chi connectivity index (χ4n) is 4.00. The number of hydrogen-bond donors (Lipinski definition) is 1. The lowest BCUT2D eigenvalue weighted by Crippen LogP contribution is -2.68. The maximum Gasteiger partial charge on any atom is 0.123 e. The molecule has 1 spiro atoms. The van der Waals surface area contributed by atoms with Crippen LogP contribution >= 0.6 is 0 Å². The summed E-state index contributed by atoms with van der Waals surface area (Å²) < 4.78 is 13.5. The average Bonchev–Trinajstić information content (AvgIpc) is 2.44. The number of rotatable bonds is 2. The van der Waals surface area contributed by atoms with Crippen LogP contribution in [-0.2, 0) is 6.54 Å². The Hall–Kier alpha value is -0.930. The van der Waals surface area contributed by atoms with Gasteiger partial charge in [-0.1, -0.05) is 31.4 Å². The number of halogens is 1. The standard InChI is InChI=1S/C18H27FN2/c1-17(2)14-21(12-15-7-6-8-16(19)11-15)18(13-20-17)9-4-3-5-10-18/h6-8,11,20H,3-5,9-10,12-14H2,1-2H3. The van der Waals surface area contributed by atoms with E-state index >= 15 is 0 Å². The van der Waals surface area contributed by atoms with Gasteiger partial charge in [0.15, 0.2) is 0 Å². The summed E-state index contributed by atoms with van der Waals surface area (Å²) in [6, 6.07) is 7.09. The van der Waals surface area contributed by atoms with Crippen LogP contribution < -0.4 is 5.32 Å². The van der Waals surface area contributed by atoms with Gasteiger partial charge in [-0.15, -0.1) is 0 Å². The van der Waals surface area contributed by atoms with E-state index in [1.54, 1.807) is 6.07 Å². The van der Waals surface area contributed by atoms with E-state index in [1.165, 1.54) is 38.2 Å². The summed E-state index contributed by atoms with van der Waals surface area (Å²) in [4.78, 5) is 2.62. The Morgan fingerprint density at radius 2 is 1.95 bits per heavy atom. The molecular formula is C18H27FN2. The first-order valence-electron chi connectivity index (χ1n) is 8.24. The molecule has 1 heterocycles. The van der Waals surface area contributed by atoms with Crippen LogP contribution in [0.3, 0.4) is 0 Å². The minimum absolute atomic E-state index is 0.125. The van der Waals surface area contributed by atoms with Gasteiger partial charge in [0.05, 0.1) is 0 Å². The summed E-state index contributed by atoms with van der Waals surface area (Å²) in [6.45, 7) is 7.49. The van der Waals surface area contributed by atoms with E-state index in [1.807, 2.05) is 6.07 Å². The Morgan fingerprint density at radius 1 is 1.19 bits per heavy atom. The lowest BCUT2D eigenvalue weighted by atomic mass is 9.76. The Kier molecular flexibility index (Phi) is 4.06. The van der Waals surface area contributed by atoms with Crippen molar-refractivity contribution in [3.8, 4) is 0 Å². The zero-order valence-corrected chi connectivity index (χ0v) is 13.3. The van der Waals surface area contributed by atoms with Gasteiger partial charge in [0.2, 0.25) is 0 Å². The summed E-state index contributed by atoms with van der Waals surface area (Å²) >= 11 is 0. The molecule has 2 aliphatic rings. The van der Waals surface area contributed by atoms with Crippen LogP contribution in [-0.4, -0.2) is 29.1 Å². The first kappa shape index (κ1) is 15.0. The summed E-state index contributed by atoms with van der Waals surface area (Å²) in [5.74, 6) is -0.125. The summed E-state index contributed by atoms with van der Waals surface area (Å²) in [5.41, 5.74) is 1.51. The van der Waals surface area contributed by atoms with E-state index in [-0.39, 0.29) is 16.9 Å². The quantitative estimate of drug-likeness (QED) is 0.893. The molecule has 1 aromatic carbocycles. The van der Waals surface area contributed by atoms with Crippen LogP contribution in [0.1, 0.15) is 51.5 Å². The van der Waals surface area contributed by atoms with Gasteiger partial charge in [-0.25, -0.2) is 4.39 Å². The van der Waals surface area contributed by atoms with Crippen LogP contribution in [0.2, 0.25) is 0 Å². The fraction of sp³-hybridized carbons (Fsp3) is 0.667. The second-order valence-corrected chi connectivity index (χ2v) is 7.51. The maximum atomic E-state index is 13.5. The normalized spacial score (nSPS) is 25.1. The number of nitrogens with one attached hydrogen (secondary N) is 1. The van der Waals surface area contributed by atoms with Gasteiger partial charge in [0, 0.05) is 30.7 Å². The summed E-state index contributed by atoms with van der Waals surface area (Å²) in [7, 11) is 0. The molecule has 3 heteroatoms. The maximum absolute atomic E-state index is 13.5. The topological polar surface area (TPSA) is 15.3 Å². The van der Waals surface area contributed by atoms with Crippen molar-refractivity contribution in [3.05, 3.63) is 35.6 Å². The van der Waals surface area contributed by atoms with Crippen molar-refractivity contribution in [1.82, 2.24) is 10.2 Å². The molecule has 0 unspecified atom stereocenters. The van der Waals surface area contributed by atoms with Gasteiger partial charge < -0.3 is 5.32 Å². The van der Waals surface area contributed by atoms with E-state index in [0.717, 1.165) is 25.2 Å². The molecule has 2 nitrogen and oxygen atoms in total. The highest BCUT2D eigenvalue weighted by atomic mass is 19.1. The molecule has 0 amide bonds. The number of benzene rings is 1. The first-order chi connectivity index (χ1) is 9.99. The summed E-state index contributed by atoms with van der Waals surface area (Å²) in [6.07, 6.45) is 6.54. The largest absolute Gasteiger partial charge is 0.309 e. The van der Waals surface area contributed by atoms with Gasteiger partial charge >= 0.3 is 0 Å². The third kappa shape index (κ3) is 3.29.